The molecular weight excluding hydrogens is 370 g/mol. The molecule has 8 nitrogen and oxygen atoms in total. The third kappa shape index (κ3) is 4.02. The van der Waals surface area contributed by atoms with Gasteiger partial charge in [0.05, 0.1) is 20.3 Å². The van der Waals surface area contributed by atoms with Crippen molar-refractivity contribution in [3.8, 4) is 11.5 Å². The topological polar surface area (TPSA) is 81.5 Å². The van der Waals surface area contributed by atoms with Crippen molar-refractivity contribution in [1.82, 2.24) is 25.0 Å². The lowest BCUT2D eigenvalue weighted by Gasteiger charge is -2.25. The van der Waals surface area contributed by atoms with Crippen LogP contribution in [0.25, 0.3) is 0 Å². The Balaban J connectivity index is 1.44. The number of aryl methyl sites for hydroxylation is 1. The second-order valence-corrected chi connectivity index (χ2v) is 7.64. The van der Waals surface area contributed by atoms with Crippen LogP contribution < -0.4 is 14.8 Å². The summed E-state index contributed by atoms with van der Waals surface area (Å²) in [5, 5.41) is 11.9. The monoisotopic (exact) mass is 399 g/mol. The molecule has 0 spiro atoms. The summed E-state index contributed by atoms with van der Waals surface area (Å²) in [7, 11) is 3.22. The number of likely N-dealkylation sites (tertiary alicyclic amines) is 1. The minimum absolute atomic E-state index is 0.000228. The molecule has 1 saturated heterocycles. The highest BCUT2D eigenvalue weighted by atomic mass is 16.5. The van der Waals surface area contributed by atoms with E-state index in [0.717, 1.165) is 56.0 Å². The maximum absolute atomic E-state index is 12.9. The molecule has 1 N–H and O–H groups in total. The number of carbonyl (C=O) groups is 1. The Kier molecular flexibility index (Phi) is 5.87. The van der Waals surface area contributed by atoms with Crippen molar-refractivity contribution in [1.29, 1.82) is 0 Å². The second-order valence-electron chi connectivity index (χ2n) is 7.64. The minimum Gasteiger partial charge on any atom is -0.493 e. The molecule has 0 radical (unpaired) electrons. The van der Waals surface area contributed by atoms with E-state index in [2.05, 4.69) is 20.1 Å². The largest absolute Gasteiger partial charge is 0.493 e. The lowest BCUT2D eigenvalue weighted by atomic mass is 10.2. The predicted molar refractivity (Wildman–Crippen MR) is 108 cm³/mol. The van der Waals surface area contributed by atoms with Gasteiger partial charge in [0, 0.05) is 26.1 Å². The average Bonchev–Trinajstić information content (AvgIpc) is 3.32. The van der Waals surface area contributed by atoms with Crippen LogP contribution in [-0.4, -0.2) is 46.5 Å². The lowest BCUT2D eigenvalue weighted by molar-refractivity contribution is 0.189. The number of aromatic nitrogens is 3. The molecule has 3 heterocycles. The highest BCUT2D eigenvalue weighted by Crippen LogP contribution is 2.32. The third-order valence-electron chi connectivity index (χ3n) is 5.84. The van der Waals surface area contributed by atoms with Crippen molar-refractivity contribution in [2.45, 2.75) is 57.7 Å². The van der Waals surface area contributed by atoms with Gasteiger partial charge in [-0.15, -0.1) is 10.2 Å². The van der Waals surface area contributed by atoms with Crippen LogP contribution in [0.2, 0.25) is 0 Å². The van der Waals surface area contributed by atoms with Gasteiger partial charge in [0.25, 0.3) is 0 Å². The van der Waals surface area contributed by atoms with Crippen LogP contribution in [0.3, 0.4) is 0 Å². The van der Waals surface area contributed by atoms with Gasteiger partial charge in [-0.25, -0.2) is 4.79 Å². The average molecular weight is 399 g/mol. The van der Waals surface area contributed by atoms with Crippen molar-refractivity contribution in [3.63, 3.8) is 0 Å². The van der Waals surface area contributed by atoms with Gasteiger partial charge >= 0.3 is 6.03 Å². The highest BCUT2D eigenvalue weighted by molar-refractivity contribution is 5.75. The molecule has 2 aliphatic heterocycles. The van der Waals surface area contributed by atoms with Crippen molar-refractivity contribution in [2.75, 3.05) is 20.8 Å². The van der Waals surface area contributed by atoms with Gasteiger partial charge < -0.3 is 24.3 Å². The van der Waals surface area contributed by atoms with Gasteiger partial charge in [0.15, 0.2) is 17.3 Å². The van der Waals surface area contributed by atoms with Crippen LogP contribution in [-0.2, 0) is 19.5 Å². The van der Waals surface area contributed by atoms with Gasteiger partial charge in [-0.1, -0.05) is 12.5 Å². The summed E-state index contributed by atoms with van der Waals surface area (Å²) < 4.78 is 12.9. The Morgan fingerprint density at radius 2 is 1.97 bits per heavy atom. The molecule has 2 aromatic rings. The molecule has 1 aromatic heterocycles. The Morgan fingerprint density at radius 1 is 1.10 bits per heavy atom. The van der Waals surface area contributed by atoms with Gasteiger partial charge in [-0.2, -0.15) is 0 Å². The molecule has 2 amide bonds. The number of ether oxygens (including phenoxy) is 2. The van der Waals surface area contributed by atoms with E-state index in [9.17, 15) is 4.79 Å². The second kappa shape index (κ2) is 8.71. The van der Waals surface area contributed by atoms with E-state index in [-0.39, 0.29) is 12.1 Å². The van der Waals surface area contributed by atoms with Crippen molar-refractivity contribution in [2.24, 2.45) is 0 Å². The van der Waals surface area contributed by atoms with Crippen LogP contribution in [0.4, 0.5) is 4.79 Å². The molecule has 2 aliphatic rings. The maximum atomic E-state index is 12.9. The normalized spacial score (nSPS) is 18.8. The summed E-state index contributed by atoms with van der Waals surface area (Å²) in [6.07, 6.45) is 6.43. The van der Waals surface area contributed by atoms with Gasteiger partial charge in [0.2, 0.25) is 0 Å². The molecule has 0 bridgehead atoms. The first-order chi connectivity index (χ1) is 14.2. The summed E-state index contributed by atoms with van der Waals surface area (Å²) in [4.78, 5) is 14.8. The molecule has 156 valence electrons. The molecule has 1 fully saturated rings. The molecule has 1 atom stereocenters. The van der Waals surface area contributed by atoms with E-state index in [1.165, 1.54) is 12.8 Å². The quantitative estimate of drug-likeness (QED) is 0.836. The number of amides is 2. The fraction of sp³-hybridized carbons (Fsp3) is 0.571. The zero-order valence-corrected chi connectivity index (χ0v) is 17.2. The smallest absolute Gasteiger partial charge is 0.318 e. The Hall–Kier alpha value is -2.77. The first-order valence-corrected chi connectivity index (χ1v) is 10.4. The van der Waals surface area contributed by atoms with E-state index < -0.39 is 0 Å². The maximum Gasteiger partial charge on any atom is 0.318 e. The predicted octanol–water partition coefficient (Wildman–Crippen LogP) is 3.07. The summed E-state index contributed by atoms with van der Waals surface area (Å²) in [5.41, 5.74) is 0.961. The van der Waals surface area contributed by atoms with Gasteiger partial charge in [-0.3, -0.25) is 0 Å². The summed E-state index contributed by atoms with van der Waals surface area (Å²) in [5.74, 6) is 3.34. The number of carbonyl (C=O) groups excluding carboxylic acids is 1. The summed E-state index contributed by atoms with van der Waals surface area (Å²) in [6.45, 7) is 2.13. The minimum atomic E-state index is -0.0618. The van der Waals surface area contributed by atoms with E-state index in [0.29, 0.717) is 18.0 Å². The van der Waals surface area contributed by atoms with E-state index in [4.69, 9.17) is 9.47 Å². The Morgan fingerprint density at radius 3 is 2.79 bits per heavy atom. The standard InChI is InChI=1S/C21H29N5O3/c1-28-17-10-9-15(13-18(17)29-2)14-22-21(27)25-12-6-7-16(25)20-24-23-19-8-4-3-5-11-26(19)20/h9-10,13,16H,3-8,11-12,14H2,1-2H3,(H,22,27). The van der Waals surface area contributed by atoms with Crippen LogP contribution >= 0.6 is 0 Å². The third-order valence-corrected chi connectivity index (χ3v) is 5.84. The first kappa shape index (κ1) is 19.5. The molecule has 1 unspecified atom stereocenters. The van der Waals surface area contributed by atoms with Crippen LogP contribution in [0.1, 0.15) is 55.4 Å². The van der Waals surface area contributed by atoms with Gasteiger partial charge in [-0.05, 0) is 43.4 Å². The molecule has 0 saturated carbocycles. The number of benzene rings is 1. The number of rotatable bonds is 5. The summed E-state index contributed by atoms with van der Waals surface area (Å²) >= 11 is 0. The van der Waals surface area contributed by atoms with Crippen LogP contribution in [0.5, 0.6) is 11.5 Å². The molecule has 8 heteroatoms. The van der Waals surface area contributed by atoms with Crippen molar-refractivity contribution < 1.29 is 14.3 Å². The van der Waals surface area contributed by atoms with E-state index >= 15 is 0 Å². The number of fused-ring (bicyclic) bond motifs is 1. The zero-order valence-electron chi connectivity index (χ0n) is 17.2. The number of methoxy groups -OCH3 is 2. The number of urea groups is 1. The van der Waals surface area contributed by atoms with Gasteiger partial charge in [0.1, 0.15) is 5.82 Å². The number of hydrogen-bond donors (Lipinski definition) is 1. The molecule has 0 aliphatic carbocycles. The number of nitrogens with one attached hydrogen (secondary N) is 1. The van der Waals surface area contributed by atoms with E-state index in [1.807, 2.05) is 23.1 Å². The zero-order chi connectivity index (χ0) is 20.2. The number of hydrogen-bond acceptors (Lipinski definition) is 5. The van der Waals surface area contributed by atoms with Crippen molar-refractivity contribution in [3.05, 3.63) is 35.4 Å². The van der Waals surface area contributed by atoms with Crippen LogP contribution in [0.15, 0.2) is 18.2 Å². The Labute approximate surface area is 171 Å². The number of nitrogens with zero attached hydrogens (tertiary/aromatic N) is 4. The van der Waals surface area contributed by atoms with Crippen molar-refractivity contribution >= 4 is 6.03 Å². The summed E-state index contributed by atoms with van der Waals surface area (Å²) in [6, 6.07) is 5.61. The molecule has 1 aromatic carbocycles. The fourth-order valence-corrected chi connectivity index (χ4v) is 4.30. The molecular formula is C21H29N5O3. The molecule has 4 rings (SSSR count). The molecule has 29 heavy (non-hydrogen) atoms. The lowest BCUT2D eigenvalue weighted by Crippen LogP contribution is -2.39. The first-order valence-electron chi connectivity index (χ1n) is 10.4. The highest BCUT2D eigenvalue weighted by Gasteiger charge is 2.34. The Bertz CT molecular complexity index is 866. The fourth-order valence-electron chi connectivity index (χ4n) is 4.30. The van der Waals surface area contributed by atoms with E-state index in [1.54, 1.807) is 14.2 Å². The SMILES string of the molecule is COc1ccc(CNC(=O)N2CCCC2c2nnc3n2CCCCC3)cc1OC. The van der Waals surface area contributed by atoms with Crippen LogP contribution in [0, 0.1) is 0 Å².